The summed E-state index contributed by atoms with van der Waals surface area (Å²) in [6.45, 7) is 0. The average Bonchev–Trinajstić information content (AvgIpc) is 2.03. The number of nitrogens with two attached hydrogens (primary N) is 1. The number of hydrogen-bond acceptors (Lipinski definition) is 2. The molecule has 2 N–H and O–H groups in total. The molecule has 0 heterocycles. The summed E-state index contributed by atoms with van der Waals surface area (Å²) < 4.78 is 5.64. The normalized spacial score (nSPS) is 47.5. The van der Waals surface area contributed by atoms with Gasteiger partial charge in [0, 0.05) is 13.2 Å². The molecule has 2 aliphatic carbocycles. The second-order valence-corrected chi connectivity index (χ2v) is 4.55. The molecule has 12 heavy (non-hydrogen) atoms. The number of ether oxygens (including phenoxy) is 1. The Labute approximate surface area is 74.5 Å². The van der Waals surface area contributed by atoms with Gasteiger partial charge in [-0.1, -0.05) is 12.8 Å². The van der Waals surface area contributed by atoms with E-state index in [2.05, 4.69) is 0 Å². The van der Waals surface area contributed by atoms with Gasteiger partial charge in [-0.3, -0.25) is 0 Å². The molecule has 2 rings (SSSR count). The number of hydrogen-bond donors (Lipinski definition) is 1. The molecule has 0 amide bonds. The van der Waals surface area contributed by atoms with Gasteiger partial charge in [-0.05, 0) is 31.6 Å². The Morgan fingerprint density at radius 1 is 1.42 bits per heavy atom. The summed E-state index contributed by atoms with van der Waals surface area (Å²) in [5, 5.41) is 0. The highest BCUT2D eigenvalue weighted by atomic mass is 16.5. The predicted molar refractivity (Wildman–Crippen MR) is 48.9 cm³/mol. The monoisotopic (exact) mass is 169 g/mol. The molecule has 2 fully saturated rings. The Hall–Kier alpha value is -0.0800. The molecule has 3 unspecified atom stereocenters. The van der Waals surface area contributed by atoms with Crippen LogP contribution in [0.15, 0.2) is 0 Å². The van der Waals surface area contributed by atoms with Crippen LogP contribution in [0.3, 0.4) is 0 Å². The summed E-state index contributed by atoms with van der Waals surface area (Å²) in [4.78, 5) is 0. The molecule has 0 aromatic rings. The van der Waals surface area contributed by atoms with Gasteiger partial charge in [0.15, 0.2) is 0 Å². The second-order valence-electron chi connectivity index (χ2n) is 4.55. The summed E-state index contributed by atoms with van der Waals surface area (Å²) in [7, 11) is 1.85. The fraction of sp³-hybridized carbons (Fsp3) is 1.00. The van der Waals surface area contributed by atoms with E-state index in [1.54, 1.807) is 0 Å². The van der Waals surface area contributed by atoms with E-state index in [0.29, 0.717) is 6.04 Å². The van der Waals surface area contributed by atoms with Crippen LogP contribution in [0.1, 0.15) is 38.5 Å². The molecule has 2 aliphatic rings. The van der Waals surface area contributed by atoms with Crippen molar-refractivity contribution < 1.29 is 4.74 Å². The average molecular weight is 169 g/mol. The van der Waals surface area contributed by atoms with Gasteiger partial charge in [-0.25, -0.2) is 0 Å². The summed E-state index contributed by atoms with van der Waals surface area (Å²) in [5.74, 6) is 0.849. The van der Waals surface area contributed by atoms with Gasteiger partial charge in [-0.2, -0.15) is 0 Å². The first-order chi connectivity index (χ1) is 5.74. The summed E-state index contributed by atoms with van der Waals surface area (Å²) in [6.07, 6.45) is 7.51. The van der Waals surface area contributed by atoms with Gasteiger partial charge in [0.25, 0.3) is 0 Å². The summed E-state index contributed by atoms with van der Waals surface area (Å²) in [5.41, 5.74) is 6.17. The minimum absolute atomic E-state index is 0.167. The van der Waals surface area contributed by atoms with Crippen molar-refractivity contribution in [3.8, 4) is 0 Å². The van der Waals surface area contributed by atoms with E-state index in [1.165, 1.54) is 32.1 Å². The van der Waals surface area contributed by atoms with E-state index >= 15 is 0 Å². The Balaban J connectivity index is 2.10. The molecular formula is C10H19NO. The third-order valence-electron chi connectivity index (χ3n) is 3.61. The molecule has 3 atom stereocenters. The number of rotatable bonds is 1. The lowest BCUT2D eigenvalue weighted by Crippen LogP contribution is -2.48. The first-order valence-electron chi connectivity index (χ1n) is 5.05. The maximum absolute atomic E-state index is 6.01. The maximum atomic E-state index is 6.01. The van der Waals surface area contributed by atoms with Crippen LogP contribution in [0, 0.1) is 5.92 Å². The van der Waals surface area contributed by atoms with Crippen LogP contribution in [-0.2, 0) is 4.74 Å². The lowest BCUT2D eigenvalue weighted by Gasteiger charge is -2.46. The van der Waals surface area contributed by atoms with E-state index in [4.69, 9.17) is 10.5 Å². The quantitative estimate of drug-likeness (QED) is 0.648. The first kappa shape index (κ1) is 8.52. The van der Waals surface area contributed by atoms with Gasteiger partial charge in [0.05, 0.1) is 5.60 Å². The molecule has 0 aromatic carbocycles. The Kier molecular flexibility index (Phi) is 2.13. The molecule has 0 aromatic heterocycles. The van der Waals surface area contributed by atoms with Crippen molar-refractivity contribution in [3.05, 3.63) is 0 Å². The molecule has 2 heteroatoms. The lowest BCUT2D eigenvalue weighted by atomic mass is 9.67. The van der Waals surface area contributed by atoms with Crippen molar-refractivity contribution in [2.24, 2.45) is 11.7 Å². The van der Waals surface area contributed by atoms with Crippen LogP contribution in [0.4, 0.5) is 0 Å². The van der Waals surface area contributed by atoms with Gasteiger partial charge in [0.1, 0.15) is 0 Å². The van der Waals surface area contributed by atoms with Crippen molar-refractivity contribution in [2.75, 3.05) is 7.11 Å². The van der Waals surface area contributed by atoms with Crippen LogP contribution in [0.5, 0.6) is 0 Å². The molecule has 70 valence electrons. The SMILES string of the molecule is COC12CCCC(CC(N)C1)C2. The van der Waals surface area contributed by atoms with E-state index in [9.17, 15) is 0 Å². The van der Waals surface area contributed by atoms with E-state index < -0.39 is 0 Å². The van der Waals surface area contributed by atoms with Crippen LogP contribution >= 0.6 is 0 Å². The van der Waals surface area contributed by atoms with Crippen LogP contribution in [0.25, 0.3) is 0 Å². The Morgan fingerprint density at radius 3 is 3.00 bits per heavy atom. The van der Waals surface area contributed by atoms with Crippen LogP contribution in [0.2, 0.25) is 0 Å². The molecule has 2 nitrogen and oxygen atoms in total. The molecule has 0 radical (unpaired) electrons. The van der Waals surface area contributed by atoms with Crippen LogP contribution in [-0.4, -0.2) is 18.8 Å². The predicted octanol–water partition coefficient (Wildman–Crippen LogP) is 1.68. The van der Waals surface area contributed by atoms with E-state index in [0.717, 1.165) is 12.3 Å². The zero-order valence-corrected chi connectivity index (χ0v) is 7.88. The zero-order chi connectivity index (χ0) is 8.60. The minimum atomic E-state index is 0.167. The van der Waals surface area contributed by atoms with Gasteiger partial charge < -0.3 is 10.5 Å². The summed E-state index contributed by atoms with van der Waals surface area (Å²) >= 11 is 0. The maximum Gasteiger partial charge on any atom is 0.0696 e. The van der Waals surface area contributed by atoms with Crippen molar-refractivity contribution in [2.45, 2.75) is 50.2 Å². The van der Waals surface area contributed by atoms with Gasteiger partial charge in [0.2, 0.25) is 0 Å². The molecule has 2 saturated carbocycles. The Morgan fingerprint density at radius 2 is 2.25 bits per heavy atom. The number of fused-ring (bicyclic) bond motifs is 2. The van der Waals surface area contributed by atoms with E-state index in [-0.39, 0.29) is 5.60 Å². The van der Waals surface area contributed by atoms with Gasteiger partial charge >= 0.3 is 0 Å². The zero-order valence-electron chi connectivity index (χ0n) is 7.88. The van der Waals surface area contributed by atoms with Crippen molar-refractivity contribution in [1.29, 1.82) is 0 Å². The smallest absolute Gasteiger partial charge is 0.0696 e. The highest BCUT2D eigenvalue weighted by molar-refractivity contribution is 4.96. The van der Waals surface area contributed by atoms with Crippen molar-refractivity contribution >= 4 is 0 Å². The van der Waals surface area contributed by atoms with Crippen LogP contribution < -0.4 is 5.73 Å². The van der Waals surface area contributed by atoms with Gasteiger partial charge in [-0.15, -0.1) is 0 Å². The lowest BCUT2D eigenvalue weighted by molar-refractivity contribution is -0.0852. The minimum Gasteiger partial charge on any atom is -0.378 e. The fourth-order valence-corrected chi connectivity index (χ4v) is 3.09. The van der Waals surface area contributed by atoms with E-state index in [1.807, 2.05) is 7.11 Å². The fourth-order valence-electron chi connectivity index (χ4n) is 3.09. The molecule has 0 aliphatic heterocycles. The number of methoxy groups -OCH3 is 1. The molecule has 0 spiro atoms. The highest BCUT2D eigenvalue weighted by Gasteiger charge is 2.42. The highest BCUT2D eigenvalue weighted by Crippen LogP contribution is 2.44. The molecule has 2 bridgehead atoms. The third-order valence-corrected chi connectivity index (χ3v) is 3.61. The molecule has 0 saturated heterocycles. The van der Waals surface area contributed by atoms with Crippen molar-refractivity contribution in [1.82, 2.24) is 0 Å². The molecular weight excluding hydrogens is 150 g/mol. The topological polar surface area (TPSA) is 35.2 Å². The second kappa shape index (κ2) is 3.00. The van der Waals surface area contributed by atoms with Crippen molar-refractivity contribution in [3.63, 3.8) is 0 Å². The standard InChI is InChI=1S/C10H19NO/c1-12-10-4-2-3-8(6-10)5-9(11)7-10/h8-9H,2-7,11H2,1H3. The Bertz CT molecular complexity index is 167. The third kappa shape index (κ3) is 1.38. The summed E-state index contributed by atoms with van der Waals surface area (Å²) in [6, 6.07) is 0.393. The first-order valence-corrected chi connectivity index (χ1v) is 5.05. The largest absolute Gasteiger partial charge is 0.378 e.